The number of Topliss-reactive ketones (excluding diaryl/α,β-unsaturated/α-hetero) is 1. The Morgan fingerprint density at radius 2 is 1.79 bits per heavy atom. The van der Waals surface area contributed by atoms with Gasteiger partial charge in [0.1, 0.15) is 17.7 Å². The molecular formula is C29H43N3O6. The molecular weight excluding hydrogens is 486 g/mol. The van der Waals surface area contributed by atoms with Crippen molar-refractivity contribution in [2.75, 3.05) is 6.61 Å². The minimum Gasteiger partial charge on any atom is -0.393 e. The van der Waals surface area contributed by atoms with Crippen molar-refractivity contribution < 1.29 is 29.0 Å². The molecule has 0 spiro atoms. The summed E-state index contributed by atoms with van der Waals surface area (Å²) in [7, 11) is 0. The van der Waals surface area contributed by atoms with E-state index in [-0.39, 0.29) is 30.1 Å². The fraction of sp³-hybridized carbons (Fsp3) is 0.655. The lowest BCUT2D eigenvalue weighted by atomic mass is 9.87. The third-order valence-electron chi connectivity index (χ3n) is 7.65. The number of rotatable bonds is 13. The molecule has 0 unspecified atom stereocenters. The number of epoxide rings is 1. The largest absolute Gasteiger partial charge is 0.393 e. The van der Waals surface area contributed by atoms with E-state index in [1.165, 1.54) is 0 Å². The number of hydrogen-bond donors (Lipinski definition) is 4. The van der Waals surface area contributed by atoms with Crippen molar-refractivity contribution in [3.8, 4) is 0 Å². The first kappa shape index (κ1) is 29.8. The van der Waals surface area contributed by atoms with Crippen LogP contribution in [0, 0.1) is 5.92 Å². The molecule has 3 aliphatic rings. The van der Waals surface area contributed by atoms with Crippen molar-refractivity contribution in [2.45, 2.75) is 108 Å². The molecule has 2 fully saturated rings. The van der Waals surface area contributed by atoms with E-state index in [9.17, 15) is 24.3 Å². The highest BCUT2D eigenvalue weighted by Gasteiger charge is 2.50. The lowest BCUT2D eigenvalue weighted by molar-refractivity contribution is -0.134. The molecule has 0 aromatic rings. The van der Waals surface area contributed by atoms with Crippen LogP contribution in [0.5, 0.6) is 0 Å². The van der Waals surface area contributed by atoms with Gasteiger partial charge >= 0.3 is 0 Å². The molecule has 1 saturated heterocycles. The summed E-state index contributed by atoms with van der Waals surface area (Å²) in [5.41, 5.74) is 0.890. The van der Waals surface area contributed by atoms with Crippen LogP contribution in [-0.4, -0.2) is 65.0 Å². The van der Waals surface area contributed by atoms with E-state index in [0.29, 0.717) is 44.3 Å². The third kappa shape index (κ3) is 8.36. The average Bonchev–Trinajstić information content (AvgIpc) is 3.41. The Labute approximate surface area is 225 Å². The van der Waals surface area contributed by atoms with E-state index in [4.69, 9.17) is 4.74 Å². The minimum absolute atomic E-state index is 0.153. The summed E-state index contributed by atoms with van der Waals surface area (Å²) in [6, 6.07) is -2.59. The standard InChI is InChI=1S/C29H43N3O6/c1-5-8-18(2)15-24(32-26(35)19(3)30-27(36)21-11-13-22(33)14-12-21)28(37)31-23(16-20-9-6-7-10-20)25(34)29(4)17-38-29/h5,8-9,19,21-24,33H,2,6-7,10-17H2,1,3-4H3,(H,30,36)(H,31,37)(H,32,35)/b8-5-/t19-,21-,22-,23+,24+,29-/m1/s1. The van der Waals surface area contributed by atoms with Crippen molar-refractivity contribution in [2.24, 2.45) is 5.92 Å². The van der Waals surface area contributed by atoms with Gasteiger partial charge in [-0.25, -0.2) is 0 Å². The number of allylic oxidation sites excluding steroid dienone is 3. The summed E-state index contributed by atoms with van der Waals surface area (Å²) >= 11 is 0. The van der Waals surface area contributed by atoms with Gasteiger partial charge in [-0.3, -0.25) is 19.2 Å². The first-order chi connectivity index (χ1) is 18.0. The molecule has 2 aliphatic carbocycles. The maximum Gasteiger partial charge on any atom is 0.243 e. The lowest BCUT2D eigenvalue weighted by Gasteiger charge is -2.27. The van der Waals surface area contributed by atoms with Gasteiger partial charge in [-0.2, -0.15) is 0 Å². The highest BCUT2D eigenvalue weighted by molar-refractivity contribution is 5.98. The maximum absolute atomic E-state index is 13.5. The van der Waals surface area contributed by atoms with Gasteiger partial charge in [0.05, 0.1) is 18.8 Å². The third-order valence-corrected chi connectivity index (χ3v) is 7.65. The predicted octanol–water partition coefficient (Wildman–Crippen LogP) is 2.39. The zero-order valence-corrected chi connectivity index (χ0v) is 22.9. The Morgan fingerprint density at radius 3 is 2.37 bits per heavy atom. The quantitative estimate of drug-likeness (QED) is 0.164. The van der Waals surface area contributed by atoms with Crippen LogP contribution in [0.15, 0.2) is 36.0 Å². The highest BCUT2D eigenvalue weighted by Crippen LogP contribution is 2.31. The van der Waals surface area contributed by atoms with E-state index < -0.39 is 35.5 Å². The second-order valence-corrected chi connectivity index (χ2v) is 11.1. The van der Waals surface area contributed by atoms with Gasteiger partial charge in [-0.1, -0.05) is 36.0 Å². The second kappa shape index (κ2) is 13.3. The van der Waals surface area contributed by atoms with Gasteiger partial charge in [-0.15, -0.1) is 0 Å². The number of aliphatic hydroxyl groups is 1. The van der Waals surface area contributed by atoms with E-state index in [1.54, 1.807) is 26.0 Å². The molecule has 9 heteroatoms. The van der Waals surface area contributed by atoms with E-state index in [0.717, 1.165) is 24.8 Å². The van der Waals surface area contributed by atoms with Crippen LogP contribution in [0.2, 0.25) is 0 Å². The van der Waals surface area contributed by atoms with Crippen LogP contribution < -0.4 is 16.0 Å². The van der Waals surface area contributed by atoms with Crippen LogP contribution in [-0.2, 0) is 23.9 Å². The summed E-state index contributed by atoms with van der Waals surface area (Å²) < 4.78 is 5.36. The number of carbonyl (C=O) groups excluding carboxylic acids is 4. The van der Waals surface area contributed by atoms with Crippen LogP contribution in [0.1, 0.15) is 78.6 Å². The molecule has 1 heterocycles. The molecule has 3 amide bonds. The predicted molar refractivity (Wildman–Crippen MR) is 144 cm³/mol. The van der Waals surface area contributed by atoms with Crippen LogP contribution in [0.3, 0.4) is 0 Å². The minimum atomic E-state index is -0.976. The number of ketones is 1. The van der Waals surface area contributed by atoms with E-state index in [2.05, 4.69) is 28.6 Å². The number of carbonyl (C=O) groups is 4. The number of hydrogen-bond acceptors (Lipinski definition) is 6. The van der Waals surface area contributed by atoms with Gasteiger partial charge in [0.2, 0.25) is 17.7 Å². The second-order valence-electron chi connectivity index (χ2n) is 11.1. The Balaban J connectivity index is 1.66. The van der Waals surface area contributed by atoms with Crippen LogP contribution >= 0.6 is 0 Å². The summed E-state index contributed by atoms with van der Waals surface area (Å²) in [4.78, 5) is 52.3. The monoisotopic (exact) mass is 529 g/mol. The molecule has 0 radical (unpaired) electrons. The highest BCUT2D eigenvalue weighted by atomic mass is 16.6. The summed E-state index contributed by atoms with van der Waals surface area (Å²) in [6.45, 7) is 9.44. The Kier molecular flexibility index (Phi) is 10.4. The van der Waals surface area contributed by atoms with E-state index >= 15 is 0 Å². The molecule has 4 atom stereocenters. The first-order valence-corrected chi connectivity index (χ1v) is 13.8. The zero-order valence-electron chi connectivity index (χ0n) is 22.9. The van der Waals surface area contributed by atoms with Crippen LogP contribution in [0.25, 0.3) is 0 Å². The normalized spacial score (nSPS) is 27.1. The summed E-state index contributed by atoms with van der Waals surface area (Å²) in [5, 5.41) is 18.1. The molecule has 1 aliphatic heterocycles. The van der Waals surface area contributed by atoms with Gasteiger partial charge in [0, 0.05) is 12.3 Å². The number of aliphatic hydroxyl groups excluding tert-OH is 1. The molecule has 0 aromatic carbocycles. The Hall–Kier alpha value is -2.78. The van der Waals surface area contributed by atoms with Gasteiger partial charge in [0.15, 0.2) is 5.78 Å². The van der Waals surface area contributed by atoms with Gasteiger partial charge in [0.25, 0.3) is 0 Å². The number of amides is 3. The van der Waals surface area contributed by atoms with Gasteiger partial charge < -0.3 is 25.8 Å². The van der Waals surface area contributed by atoms with Gasteiger partial charge in [-0.05, 0) is 72.1 Å². The molecule has 210 valence electrons. The van der Waals surface area contributed by atoms with Crippen molar-refractivity contribution in [3.63, 3.8) is 0 Å². The SMILES string of the molecule is C=C(/C=C\C)C[C@H](NC(=O)[C@@H](C)NC(=O)[C@H]1CC[C@H](O)CC1)C(=O)N[C@@H](CC1=CCCC1)C(=O)[C@@]1(C)CO1. The first-order valence-electron chi connectivity index (χ1n) is 13.8. The molecule has 9 nitrogen and oxygen atoms in total. The fourth-order valence-electron chi connectivity index (χ4n) is 5.09. The topological polar surface area (TPSA) is 137 Å². The number of ether oxygens (including phenoxy) is 1. The summed E-state index contributed by atoms with van der Waals surface area (Å²) in [6.07, 6.45) is 11.0. The van der Waals surface area contributed by atoms with Crippen molar-refractivity contribution >= 4 is 23.5 Å². The van der Waals surface area contributed by atoms with Crippen molar-refractivity contribution in [1.82, 2.24) is 16.0 Å². The maximum atomic E-state index is 13.5. The fourth-order valence-corrected chi connectivity index (χ4v) is 5.09. The van der Waals surface area contributed by atoms with Crippen molar-refractivity contribution in [3.05, 3.63) is 36.0 Å². The molecule has 4 N–H and O–H groups in total. The molecule has 3 rings (SSSR count). The smallest absolute Gasteiger partial charge is 0.243 e. The van der Waals surface area contributed by atoms with Crippen molar-refractivity contribution in [1.29, 1.82) is 0 Å². The van der Waals surface area contributed by atoms with Crippen LogP contribution in [0.4, 0.5) is 0 Å². The lowest BCUT2D eigenvalue weighted by Crippen LogP contribution is -2.56. The molecule has 38 heavy (non-hydrogen) atoms. The summed E-state index contributed by atoms with van der Waals surface area (Å²) in [5.74, 6) is -1.63. The molecule has 1 saturated carbocycles. The zero-order chi connectivity index (χ0) is 27.9. The average molecular weight is 530 g/mol. The molecule has 0 bridgehead atoms. The Morgan fingerprint density at radius 1 is 1.13 bits per heavy atom. The van der Waals surface area contributed by atoms with E-state index in [1.807, 2.05) is 6.92 Å². The number of nitrogens with one attached hydrogen (secondary N) is 3. The Bertz CT molecular complexity index is 975. The molecule has 0 aromatic heterocycles.